The Kier molecular flexibility index (Phi) is 7.00. The molecule has 0 radical (unpaired) electrons. The Morgan fingerprint density at radius 1 is 1.41 bits per heavy atom. The van der Waals surface area contributed by atoms with Gasteiger partial charge in [0.05, 0.1) is 17.7 Å². The number of ether oxygens (including phenoxy) is 2. The molecular formula is C12H17Cl2NO2. The van der Waals surface area contributed by atoms with Crippen molar-refractivity contribution < 1.29 is 9.47 Å². The molecule has 0 saturated heterocycles. The summed E-state index contributed by atoms with van der Waals surface area (Å²) in [7, 11) is 0. The summed E-state index contributed by atoms with van der Waals surface area (Å²) >= 11 is 5.99. The highest BCUT2D eigenvalue weighted by molar-refractivity contribution is 6.32. The van der Waals surface area contributed by atoms with Crippen LogP contribution in [0.1, 0.15) is 26.3 Å². The van der Waals surface area contributed by atoms with Gasteiger partial charge in [0.25, 0.3) is 0 Å². The number of halogens is 2. The van der Waals surface area contributed by atoms with E-state index in [4.69, 9.17) is 26.5 Å². The third kappa shape index (κ3) is 4.84. The van der Waals surface area contributed by atoms with Gasteiger partial charge in [-0.05, 0) is 39.0 Å². The summed E-state index contributed by atoms with van der Waals surface area (Å²) in [6, 6.07) is 5.18. The molecule has 3 nitrogen and oxygen atoms in total. The molecule has 0 bridgehead atoms. The minimum absolute atomic E-state index is 0. The zero-order valence-electron chi connectivity index (χ0n) is 10.1. The molecule has 1 aromatic rings. The van der Waals surface area contributed by atoms with Gasteiger partial charge in [0.2, 0.25) is 5.90 Å². The second-order valence-corrected chi connectivity index (χ2v) is 3.98. The molecule has 1 rings (SSSR count). The number of hydrogen-bond donors (Lipinski definition) is 1. The van der Waals surface area contributed by atoms with Gasteiger partial charge in [-0.1, -0.05) is 11.6 Å². The van der Waals surface area contributed by atoms with Crippen LogP contribution in [0.5, 0.6) is 5.75 Å². The predicted molar refractivity (Wildman–Crippen MR) is 72.9 cm³/mol. The monoisotopic (exact) mass is 277 g/mol. The summed E-state index contributed by atoms with van der Waals surface area (Å²) in [5, 5.41) is 8.20. The largest absolute Gasteiger partial charge is 0.489 e. The Morgan fingerprint density at radius 2 is 2.06 bits per heavy atom. The maximum Gasteiger partial charge on any atom is 0.213 e. The Hall–Kier alpha value is -0.930. The first-order valence-electron chi connectivity index (χ1n) is 5.22. The predicted octanol–water partition coefficient (Wildman–Crippen LogP) is 3.91. The van der Waals surface area contributed by atoms with Crippen molar-refractivity contribution in [2.24, 2.45) is 0 Å². The fourth-order valence-electron chi connectivity index (χ4n) is 1.22. The molecule has 17 heavy (non-hydrogen) atoms. The van der Waals surface area contributed by atoms with Crippen molar-refractivity contribution >= 4 is 29.9 Å². The van der Waals surface area contributed by atoms with Crippen LogP contribution in [-0.2, 0) is 4.74 Å². The molecule has 0 atom stereocenters. The van der Waals surface area contributed by atoms with E-state index in [1.807, 2.05) is 20.8 Å². The molecule has 0 unspecified atom stereocenters. The fourth-order valence-corrected chi connectivity index (χ4v) is 1.38. The lowest BCUT2D eigenvalue weighted by molar-refractivity contribution is 0.242. The second-order valence-electron chi connectivity index (χ2n) is 3.57. The van der Waals surface area contributed by atoms with Gasteiger partial charge in [-0.3, -0.25) is 5.41 Å². The smallest absolute Gasteiger partial charge is 0.213 e. The van der Waals surface area contributed by atoms with Crippen LogP contribution in [0.3, 0.4) is 0 Å². The SMILES string of the molecule is CCOC(=N)c1ccc(Cl)c(OC(C)C)c1.Cl. The highest BCUT2D eigenvalue weighted by Crippen LogP contribution is 2.26. The summed E-state index contributed by atoms with van der Waals surface area (Å²) < 4.78 is 10.6. The summed E-state index contributed by atoms with van der Waals surface area (Å²) in [4.78, 5) is 0. The van der Waals surface area contributed by atoms with E-state index in [1.165, 1.54) is 0 Å². The number of benzene rings is 1. The van der Waals surface area contributed by atoms with E-state index in [2.05, 4.69) is 0 Å². The van der Waals surface area contributed by atoms with Crippen molar-refractivity contribution in [2.75, 3.05) is 6.61 Å². The first-order valence-corrected chi connectivity index (χ1v) is 5.60. The lowest BCUT2D eigenvalue weighted by atomic mass is 10.2. The van der Waals surface area contributed by atoms with Crippen LogP contribution in [0, 0.1) is 5.41 Å². The molecule has 1 aromatic carbocycles. The second kappa shape index (κ2) is 7.41. The van der Waals surface area contributed by atoms with Crippen molar-refractivity contribution in [3.05, 3.63) is 28.8 Å². The van der Waals surface area contributed by atoms with Gasteiger partial charge in [0.1, 0.15) is 5.75 Å². The van der Waals surface area contributed by atoms with E-state index < -0.39 is 0 Å². The molecule has 0 saturated carbocycles. The molecule has 96 valence electrons. The maximum atomic E-state index is 7.66. The molecule has 5 heteroatoms. The van der Waals surface area contributed by atoms with Crippen LogP contribution in [0.2, 0.25) is 5.02 Å². The number of hydrogen-bond acceptors (Lipinski definition) is 3. The van der Waals surface area contributed by atoms with Crippen molar-refractivity contribution in [1.82, 2.24) is 0 Å². The van der Waals surface area contributed by atoms with Crippen LogP contribution < -0.4 is 4.74 Å². The molecule has 0 aliphatic heterocycles. The first-order chi connectivity index (χ1) is 7.54. The average molecular weight is 278 g/mol. The standard InChI is InChI=1S/C12H16ClNO2.ClH/c1-4-15-12(14)9-5-6-10(13)11(7-9)16-8(2)3;/h5-8,14H,4H2,1-3H3;1H. The summed E-state index contributed by atoms with van der Waals surface area (Å²) in [6.07, 6.45) is 0.0500. The fraction of sp³-hybridized carbons (Fsp3) is 0.417. The molecule has 0 spiro atoms. The van der Waals surface area contributed by atoms with Gasteiger partial charge < -0.3 is 9.47 Å². The Morgan fingerprint density at radius 3 is 2.59 bits per heavy atom. The van der Waals surface area contributed by atoms with E-state index in [0.717, 1.165) is 0 Å². The Labute approximate surface area is 113 Å². The highest BCUT2D eigenvalue weighted by Gasteiger charge is 2.08. The molecule has 0 amide bonds. The summed E-state index contributed by atoms with van der Waals surface area (Å²) in [5.41, 5.74) is 0.668. The van der Waals surface area contributed by atoms with Gasteiger partial charge in [-0.2, -0.15) is 0 Å². The van der Waals surface area contributed by atoms with E-state index >= 15 is 0 Å². The van der Waals surface area contributed by atoms with Crippen LogP contribution in [-0.4, -0.2) is 18.6 Å². The number of rotatable bonds is 4. The molecule has 0 aliphatic carbocycles. The number of nitrogens with one attached hydrogen (secondary N) is 1. The van der Waals surface area contributed by atoms with Gasteiger partial charge in [0, 0.05) is 5.56 Å². The Bertz CT molecular complexity index is 381. The van der Waals surface area contributed by atoms with Crippen molar-refractivity contribution in [3.63, 3.8) is 0 Å². The van der Waals surface area contributed by atoms with Crippen LogP contribution in [0.25, 0.3) is 0 Å². The summed E-state index contributed by atoms with van der Waals surface area (Å²) in [6.45, 7) is 6.17. The van der Waals surface area contributed by atoms with Crippen molar-refractivity contribution in [3.8, 4) is 5.75 Å². The lowest BCUT2D eigenvalue weighted by Gasteiger charge is -2.13. The molecule has 0 fully saturated rings. The quantitative estimate of drug-likeness (QED) is 0.670. The zero-order valence-corrected chi connectivity index (χ0v) is 11.7. The third-order valence-corrected chi connectivity index (χ3v) is 2.16. The highest BCUT2D eigenvalue weighted by atomic mass is 35.5. The van der Waals surface area contributed by atoms with E-state index in [9.17, 15) is 0 Å². The van der Waals surface area contributed by atoms with Crippen molar-refractivity contribution in [2.45, 2.75) is 26.9 Å². The van der Waals surface area contributed by atoms with E-state index in [0.29, 0.717) is 22.9 Å². The van der Waals surface area contributed by atoms with Gasteiger partial charge in [0.15, 0.2) is 0 Å². The van der Waals surface area contributed by atoms with E-state index in [1.54, 1.807) is 18.2 Å². The summed E-state index contributed by atoms with van der Waals surface area (Å²) in [5.74, 6) is 0.714. The Balaban J connectivity index is 0.00000256. The molecule has 0 aromatic heterocycles. The van der Waals surface area contributed by atoms with Crippen molar-refractivity contribution in [1.29, 1.82) is 5.41 Å². The van der Waals surface area contributed by atoms with Crippen LogP contribution in [0.15, 0.2) is 18.2 Å². The third-order valence-electron chi connectivity index (χ3n) is 1.84. The molecule has 1 N–H and O–H groups in total. The molecule has 0 aliphatic rings. The van der Waals surface area contributed by atoms with Gasteiger partial charge in [-0.15, -0.1) is 12.4 Å². The normalized spacial score (nSPS) is 9.71. The van der Waals surface area contributed by atoms with Crippen LogP contribution >= 0.6 is 24.0 Å². The van der Waals surface area contributed by atoms with E-state index in [-0.39, 0.29) is 24.4 Å². The minimum Gasteiger partial charge on any atom is -0.489 e. The lowest BCUT2D eigenvalue weighted by Crippen LogP contribution is -2.08. The topological polar surface area (TPSA) is 42.3 Å². The molecular weight excluding hydrogens is 261 g/mol. The zero-order chi connectivity index (χ0) is 12.1. The minimum atomic E-state index is 0. The molecule has 0 heterocycles. The first kappa shape index (κ1) is 16.1. The van der Waals surface area contributed by atoms with Gasteiger partial charge in [-0.25, -0.2) is 0 Å². The van der Waals surface area contributed by atoms with Gasteiger partial charge >= 0.3 is 0 Å². The maximum absolute atomic E-state index is 7.66. The average Bonchev–Trinajstić information content (AvgIpc) is 2.21. The van der Waals surface area contributed by atoms with Crippen LogP contribution in [0.4, 0.5) is 0 Å².